The van der Waals surface area contributed by atoms with Gasteiger partial charge >= 0.3 is 18.5 Å². The number of alkyl halides is 9. The van der Waals surface area contributed by atoms with Crippen LogP contribution in [-0.2, 0) is 18.5 Å². The maximum absolute atomic E-state index is 15.4. The van der Waals surface area contributed by atoms with Crippen LogP contribution in [0.4, 0.5) is 39.5 Å². The molecule has 0 N–H and O–H groups in total. The Morgan fingerprint density at radius 2 is 0.469 bits per heavy atom. The van der Waals surface area contributed by atoms with Crippen LogP contribution >= 0.6 is 0 Å². The second-order valence-corrected chi connectivity index (χ2v) is 25.6. The van der Waals surface area contributed by atoms with Gasteiger partial charge in [0.25, 0.3) is 0 Å². The van der Waals surface area contributed by atoms with Crippen molar-refractivity contribution in [2.75, 3.05) is 0 Å². The summed E-state index contributed by atoms with van der Waals surface area (Å²) in [5, 5.41) is 18.4. The average molecular weight is 1310 g/mol. The SMILES string of the molecule is Cc1cccc2c3cccc(C)c3n(-c3cc(-c4ccccc4C(F)(F)F)c(C(F)(F)F)cc3-n3c4c(C)cccc4c4cccc(C)c43)c12.Cc1cccc2c3cccc(C)c3n(-c3cc(C#N)c(-c4ccccc4C(F)(F)F)cc3-n3c4c(C)cccc4c4cccc(C)c43)c12. The monoisotopic (exact) mass is 1310 g/mol. The molecule has 0 unspecified atom stereocenters. The van der Waals surface area contributed by atoms with E-state index in [0.29, 0.717) is 17.1 Å². The second kappa shape index (κ2) is 22.9. The van der Waals surface area contributed by atoms with Crippen molar-refractivity contribution in [3.8, 4) is 51.1 Å². The smallest absolute Gasteiger partial charge is 0.307 e. The van der Waals surface area contributed by atoms with Gasteiger partial charge in [-0.05, 0) is 153 Å². The first-order valence-corrected chi connectivity index (χ1v) is 32.0. The number of halogens is 9. The molecule has 4 heterocycles. The zero-order valence-electron chi connectivity index (χ0n) is 54.4. The first-order chi connectivity index (χ1) is 46.9. The summed E-state index contributed by atoms with van der Waals surface area (Å²) in [6.45, 7) is 16.0. The molecule has 14 heteroatoms. The molecule has 16 rings (SSSR count). The van der Waals surface area contributed by atoms with Crippen molar-refractivity contribution in [2.45, 2.75) is 73.9 Å². The molecule has 12 aromatic carbocycles. The molecule has 0 saturated heterocycles. The summed E-state index contributed by atoms with van der Waals surface area (Å²) in [6, 6.07) is 66.3. The lowest BCUT2D eigenvalue weighted by Crippen LogP contribution is -2.14. The molecule has 0 aliphatic rings. The number of nitriles is 1. The summed E-state index contributed by atoms with van der Waals surface area (Å²) in [5.74, 6) is 0. The van der Waals surface area contributed by atoms with Crippen LogP contribution < -0.4 is 0 Å². The van der Waals surface area contributed by atoms with Gasteiger partial charge in [0.1, 0.15) is 0 Å². The van der Waals surface area contributed by atoms with Crippen LogP contribution in [0.3, 0.4) is 0 Å². The summed E-state index contributed by atoms with van der Waals surface area (Å²) >= 11 is 0. The number of hydrogen-bond donors (Lipinski definition) is 0. The van der Waals surface area contributed by atoms with Crippen LogP contribution in [0.5, 0.6) is 0 Å². The van der Waals surface area contributed by atoms with Gasteiger partial charge in [0.2, 0.25) is 0 Å². The zero-order valence-corrected chi connectivity index (χ0v) is 54.4. The number of benzene rings is 12. The zero-order chi connectivity index (χ0) is 68.8. The lowest BCUT2D eigenvalue weighted by atomic mass is 9.93. The Hall–Kier alpha value is -11.3. The maximum atomic E-state index is 15.4. The number of para-hydroxylation sites is 8. The molecule has 0 spiro atoms. The summed E-state index contributed by atoms with van der Waals surface area (Å²) in [6.07, 6.45) is -14.5. The van der Waals surface area contributed by atoms with E-state index in [4.69, 9.17) is 0 Å². The van der Waals surface area contributed by atoms with Crippen molar-refractivity contribution in [3.63, 3.8) is 0 Å². The predicted octanol–water partition coefficient (Wildman–Crippen LogP) is 24.5. The van der Waals surface area contributed by atoms with Gasteiger partial charge < -0.3 is 18.3 Å². The molecule has 98 heavy (non-hydrogen) atoms. The molecule has 0 aliphatic heterocycles. The van der Waals surface area contributed by atoms with Gasteiger partial charge in [-0.1, -0.05) is 182 Å². The molecule has 484 valence electrons. The highest BCUT2D eigenvalue weighted by atomic mass is 19.4. The average Bonchev–Trinajstić information content (AvgIpc) is 1.52. The van der Waals surface area contributed by atoms with Crippen molar-refractivity contribution < 1.29 is 39.5 Å². The number of fused-ring (bicyclic) bond motifs is 12. The Balaban J connectivity index is 0.000000160. The van der Waals surface area contributed by atoms with E-state index in [0.717, 1.165) is 156 Å². The van der Waals surface area contributed by atoms with E-state index < -0.39 is 46.3 Å². The topological polar surface area (TPSA) is 43.5 Å². The van der Waals surface area contributed by atoms with Crippen LogP contribution in [0.15, 0.2) is 218 Å². The Kier molecular flexibility index (Phi) is 14.7. The molecule has 0 radical (unpaired) electrons. The Morgan fingerprint density at radius 1 is 0.245 bits per heavy atom. The molecule has 0 bridgehead atoms. The minimum atomic E-state index is -4.99. The highest BCUT2D eigenvalue weighted by Crippen LogP contribution is 2.50. The van der Waals surface area contributed by atoms with E-state index in [1.54, 1.807) is 18.2 Å². The predicted molar refractivity (Wildman–Crippen MR) is 379 cm³/mol. The fourth-order valence-corrected chi connectivity index (χ4v) is 15.4. The van der Waals surface area contributed by atoms with E-state index in [1.807, 2.05) is 134 Å². The molecule has 0 atom stereocenters. The van der Waals surface area contributed by atoms with Gasteiger partial charge in [-0.2, -0.15) is 44.8 Å². The molecule has 5 nitrogen and oxygen atoms in total. The van der Waals surface area contributed by atoms with Crippen LogP contribution in [0, 0.1) is 66.7 Å². The van der Waals surface area contributed by atoms with E-state index in [-0.39, 0.29) is 22.4 Å². The van der Waals surface area contributed by atoms with Crippen molar-refractivity contribution in [2.24, 2.45) is 0 Å². The van der Waals surface area contributed by atoms with Crippen molar-refractivity contribution in [1.82, 2.24) is 18.3 Å². The molecule has 0 saturated carbocycles. The van der Waals surface area contributed by atoms with Gasteiger partial charge in [-0.3, -0.25) is 0 Å². The van der Waals surface area contributed by atoms with E-state index in [2.05, 4.69) is 91.4 Å². The first-order valence-electron chi connectivity index (χ1n) is 32.0. The standard InChI is InChI=1S/C42H30F6N2.C42H30F3N3/c1-23-11-7-16-28-29-17-8-12-24(2)38(29)49(37(23)28)35-21-32(27-15-5-6-20-33(27)41(43,44)45)34(42(46,47)48)22-36(35)50-39-25(3)13-9-18-30(39)31-19-10-14-26(4)40(31)50;1-24-11-7-16-30-31-17-8-12-25(2)39(31)47(38(24)30)36-21-28(23-46)34(29-15-5-6-20-35(29)42(43,44)45)22-37(36)48-40-26(3)13-9-18-32(40)33-19-10-14-27(4)41(33)48/h5-22H,1-4H3;5-22H,1-4H3. The molecular formula is C84H60F9N5. The molecule has 0 amide bonds. The van der Waals surface area contributed by atoms with Crippen molar-refractivity contribution in [3.05, 3.63) is 285 Å². The van der Waals surface area contributed by atoms with Crippen molar-refractivity contribution in [1.29, 1.82) is 5.26 Å². The van der Waals surface area contributed by atoms with Gasteiger partial charge in [0.15, 0.2) is 0 Å². The third-order valence-electron chi connectivity index (χ3n) is 19.5. The van der Waals surface area contributed by atoms with E-state index in [1.165, 1.54) is 30.3 Å². The highest BCUT2D eigenvalue weighted by Gasteiger charge is 2.41. The lowest BCUT2D eigenvalue weighted by Gasteiger charge is -2.24. The fraction of sp³-hybridized carbons (Fsp3) is 0.131. The van der Waals surface area contributed by atoms with Crippen LogP contribution in [0.25, 0.3) is 132 Å². The van der Waals surface area contributed by atoms with E-state index in [9.17, 15) is 31.6 Å². The Labute approximate surface area is 557 Å². The fourth-order valence-electron chi connectivity index (χ4n) is 15.4. The summed E-state index contributed by atoms with van der Waals surface area (Å²) in [4.78, 5) is 0. The largest absolute Gasteiger partial charge is 0.417 e. The van der Waals surface area contributed by atoms with Crippen LogP contribution in [-0.4, -0.2) is 18.3 Å². The lowest BCUT2D eigenvalue weighted by molar-refractivity contribution is -0.139. The summed E-state index contributed by atoms with van der Waals surface area (Å²) < 4.78 is 141. The Morgan fingerprint density at radius 3 is 0.724 bits per heavy atom. The molecular weight excluding hydrogens is 1250 g/mol. The van der Waals surface area contributed by atoms with Gasteiger partial charge in [0, 0.05) is 48.7 Å². The first kappa shape index (κ1) is 62.8. The van der Waals surface area contributed by atoms with Gasteiger partial charge in [0.05, 0.1) is 95.2 Å². The molecule has 0 fully saturated rings. The number of hydrogen-bond acceptors (Lipinski definition) is 1. The quantitative estimate of drug-likeness (QED) is 0.153. The minimum Gasteiger partial charge on any atom is -0.307 e. The Bertz CT molecular complexity index is 5840. The third kappa shape index (κ3) is 9.75. The van der Waals surface area contributed by atoms with Gasteiger partial charge in [-0.15, -0.1) is 0 Å². The molecule has 0 aliphatic carbocycles. The third-order valence-corrected chi connectivity index (χ3v) is 19.5. The normalized spacial score (nSPS) is 12.3. The maximum Gasteiger partial charge on any atom is 0.417 e. The number of aromatic nitrogens is 4. The minimum absolute atomic E-state index is 0.0295. The second-order valence-electron chi connectivity index (χ2n) is 25.6. The molecule has 16 aromatic rings. The number of aryl methyl sites for hydroxylation is 8. The van der Waals surface area contributed by atoms with Crippen molar-refractivity contribution >= 4 is 87.2 Å². The number of rotatable bonds is 6. The summed E-state index contributed by atoms with van der Waals surface area (Å²) in [5.41, 5.74) is 12.7. The van der Waals surface area contributed by atoms with Crippen LogP contribution in [0.2, 0.25) is 0 Å². The molecule has 4 aromatic heterocycles. The highest BCUT2D eigenvalue weighted by molar-refractivity contribution is 6.16. The van der Waals surface area contributed by atoms with E-state index >= 15 is 13.2 Å². The number of nitrogens with zero attached hydrogens (tertiary/aromatic N) is 5. The summed E-state index contributed by atoms with van der Waals surface area (Å²) in [7, 11) is 0. The van der Waals surface area contributed by atoms with Gasteiger partial charge in [-0.25, -0.2) is 0 Å². The van der Waals surface area contributed by atoms with Crippen LogP contribution in [0.1, 0.15) is 66.8 Å².